The summed E-state index contributed by atoms with van der Waals surface area (Å²) in [6, 6.07) is 0. The zero-order valence-electron chi connectivity index (χ0n) is 14.4. The van der Waals surface area contributed by atoms with Gasteiger partial charge in [0.25, 0.3) is 0 Å². The van der Waals surface area contributed by atoms with Crippen molar-refractivity contribution in [2.24, 2.45) is 5.92 Å². The van der Waals surface area contributed by atoms with Crippen LogP contribution in [0.25, 0.3) is 0 Å². The molecule has 4 heterocycles. The molecule has 10 heteroatoms. The van der Waals surface area contributed by atoms with E-state index in [1.807, 2.05) is 13.8 Å². The predicted octanol–water partition coefficient (Wildman–Crippen LogP) is 0.0321. The van der Waals surface area contributed by atoms with Gasteiger partial charge in [0, 0.05) is 23.4 Å². The van der Waals surface area contributed by atoms with Crippen LogP contribution in [0.2, 0.25) is 0 Å². The van der Waals surface area contributed by atoms with Crippen molar-refractivity contribution in [1.82, 2.24) is 14.8 Å². The van der Waals surface area contributed by atoms with Crippen LogP contribution in [-0.4, -0.2) is 70.6 Å². The highest BCUT2D eigenvalue weighted by Crippen LogP contribution is 2.52. The molecule has 0 aliphatic carbocycles. The monoisotopic (exact) mass is 397 g/mol. The molecule has 4 rings (SSSR count). The van der Waals surface area contributed by atoms with Gasteiger partial charge in [-0.1, -0.05) is 36.9 Å². The molecule has 3 aliphatic rings. The average molecular weight is 397 g/mol. The molecule has 0 saturated carbocycles. The molecule has 0 bridgehead atoms. The van der Waals surface area contributed by atoms with Crippen molar-refractivity contribution >= 4 is 40.8 Å². The smallest absolute Gasteiger partial charge is 0.305 e. The molecule has 140 valence electrons. The van der Waals surface area contributed by atoms with Crippen LogP contribution in [-0.2, 0) is 24.5 Å². The number of aromatic nitrogens is 1. The quantitative estimate of drug-likeness (QED) is 0.707. The Kier molecular flexibility index (Phi) is 4.24. The summed E-state index contributed by atoms with van der Waals surface area (Å²) in [7, 11) is 0. The summed E-state index contributed by atoms with van der Waals surface area (Å²) < 4.78 is 5.23. The molecular formula is C16H19N3O5S2. The number of carbonyl (C=O) groups excluding carboxylic acids is 3. The molecule has 2 saturated heterocycles. The van der Waals surface area contributed by atoms with Crippen LogP contribution >= 0.6 is 23.1 Å². The molecule has 1 aromatic rings. The van der Waals surface area contributed by atoms with Crippen LogP contribution in [0.5, 0.6) is 0 Å². The molecule has 3 aliphatic heterocycles. The van der Waals surface area contributed by atoms with Gasteiger partial charge in [0.1, 0.15) is 11.8 Å². The number of nitrogens with zero attached hydrogens (tertiary/aromatic N) is 2. The Balaban J connectivity index is 1.59. The first kappa shape index (κ1) is 17.7. The average Bonchev–Trinajstić information content (AvgIpc) is 3.09. The predicted molar refractivity (Wildman–Crippen MR) is 95.2 cm³/mol. The normalized spacial score (nSPS) is 27.5. The van der Waals surface area contributed by atoms with E-state index < -0.39 is 16.6 Å². The van der Waals surface area contributed by atoms with E-state index in [-0.39, 0.29) is 29.1 Å². The summed E-state index contributed by atoms with van der Waals surface area (Å²) in [4.78, 5) is 56.2. The number of imide groups is 1. The van der Waals surface area contributed by atoms with E-state index in [0.717, 1.165) is 21.1 Å². The summed E-state index contributed by atoms with van der Waals surface area (Å²) >= 11 is 2.31. The Morgan fingerprint density at radius 2 is 1.92 bits per heavy atom. The Morgan fingerprint density at radius 3 is 2.62 bits per heavy atom. The van der Waals surface area contributed by atoms with Crippen molar-refractivity contribution in [3.8, 4) is 0 Å². The van der Waals surface area contributed by atoms with E-state index in [4.69, 9.17) is 4.74 Å². The summed E-state index contributed by atoms with van der Waals surface area (Å²) in [5.74, 6) is -1.49. The first-order chi connectivity index (χ1) is 12.3. The van der Waals surface area contributed by atoms with Gasteiger partial charge in [-0.2, -0.15) is 0 Å². The second kappa shape index (κ2) is 6.21. The lowest BCUT2D eigenvalue weighted by molar-refractivity contribution is -0.148. The van der Waals surface area contributed by atoms with Crippen LogP contribution in [0.4, 0.5) is 0 Å². The Labute approximate surface area is 157 Å². The zero-order valence-corrected chi connectivity index (χ0v) is 16.1. The Morgan fingerprint density at radius 1 is 1.23 bits per heavy atom. The maximum absolute atomic E-state index is 13.0. The molecule has 0 spiro atoms. The van der Waals surface area contributed by atoms with Gasteiger partial charge in [-0.05, 0) is 0 Å². The van der Waals surface area contributed by atoms with E-state index in [9.17, 15) is 19.2 Å². The third-order valence-corrected chi connectivity index (χ3v) is 7.85. The van der Waals surface area contributed by atoms with E-state index >= 15 is 0 Å². The number of rotatable bonds is 2. The third kappa shape index (κ3) is 2.62. The number of thioether (sulfide) groups is 1. The van der Waals surface area contributed by atoms with Crippen LogP contribution in [0.1, 0.15) is 18.7 Å². The number of nitrogens with one attached hydrogen (secondary N) is 1. The summed E-state index contributed by atoms with van der Waals surface area (Å²) in [5.41, 5.74) is -0.640. The van der Waals surface area contributed by atoms with E-state index in [1.54, 1.807) is 4.90 Å². The van der Waals surface area contributed by atoms with E-state index in [2.05, 4.69) is 4.98 Å². The minimum Gasteiger partial charge on any atom is -0.378 e. The molecule has 8 nitrogen and oxygen atoms in total. The largest absolute Gasteiger partial charge is 0.378 e. The highest BCUT2D eigenvalue weighted by atomic mass is 32.2. The lowest BCUT2D eigenvalue weighted by Crippen LogP contribution is -2.47. The number of carbonyl (C=O) groups is 3. The summed E-state index contributed by atoms with van der Waals surface area (Å²) in [6.07, 6.45) is 0. The van der Waals surface area contributed by atoms with Gasteiger partial charge in [0.15, 0.2) is 0 Å². The number of amides is 3. The second-order valence-electron chi connectivity index (χ2n) is 7.17. The fraction of sp³-hybridized carbons (Fsp3) is 0.625. The van der Waals surface area contributed by atoms with Gasteiger partial charge in [0.05, 0.1) is 24.2 Å². The molecule has 1 aromatic heterocycles. The Bertz CT molecular complexity index is 839. The van der Waals surface area contributed by atoms with Crippen molar-refractivity contribution in [2.75, 3.05) is 32.8 Å². The van der Waals surface area contributed by atoms with Gasteiger partial charge in [0.2, 0.25) is 17.7 Å². The Hall–Kier alpha value is -1.65. The standard InChI is InChI=1S/C16H19N3O5S2/c1-16(2)9-10(25-12-11(16)26-15(23)17-12)14(22)19(13(9)21)7-8(20)18-3-5-24-6-4-18/h9-10H,3-7H2,1-2H3,(H,17,23)/t9-,10-/m1/s1. The number of hydrogen-bond donors (Lipinski definition) is 1. The van der Waals surface area contributed by atoms with Crippen LogP contribution < -0.4 is 4.87 Å². The molecule has 1 N–H and O–H groups in total. The van der Waals surface area contributed by atoms with Crippen molar-refractivity contribution in [3.63, 3.8) is 0 Å². The number of morpholine rings is 1. The van der Waals surface area contributed by atoms with Gasteiger partial charge in [-0.15, -0.1) is 0 Å². The molecule has 0 radical (unpaired) electrons. The van der Waals surface area contributed by atoms with Crippen molar-refractivity contribution in [3.05, 3.63) is 14.5 Å². The van der Waals surface area contributed by atoms with Crippen LogP contribution in [0.3, 0.4) is 0 Å². The van der Waals surface area contributed by atoms with Crippen molar-refractivity contribution in [1.29, 1.82) is 0 Å². The first-order valence-electron chi connectivity index (χ1n) is 8.41. The van der Waals surface area contributed by atoms with E-state index in [0.29, 0.717) is 31.3 Å². The lowest BCUT2D eigenvalue weighted by atomic mass is 9.76. The van der Waals surface area contributed by atoms with Gasteiger partial charge < -0.3 is 14.6 Å². The molecule has 0 aromatic carbocycles. The minimum atomic E-state index is -0.640. The number of ether oxygens (including phenoxy) is 1. The van der Waals surface area contributed by atoms with Crippen LogP contribution in [0.15, 0.2) is 9.82 Å². The molecule has 2 atom stereocenters. The summed E-state index contributed by atoms with van der Waals surface area (Å²) in [5, 5.41) is 0.0569. The van der Waals surface area contributed by atoms with Gasteiger partial charge in [-0.3, -0.25) is 24.1 Å². The van der Waals surface area contributed by atoms with Crippen molar-refractivity contribution in [2.45, 2.75) is 29.5 Å². The zero-order chi connectivity index (χ0) is 18.6. The molecule has 0 unspecified atom stereocenters. The SMILES string of the molecule is CC1(C)c2sc(=O)[nH]c2S[C@H]2C(=O)N(CC(=O)N3CCOCC3)C(=O)[C@@H]21. The number of hydrogen-bond acceptors (Lipinski definition) is 7. The number of aromatic amines is 1. The van der Waals surface area contributed by atoms with Gasteiger partial charge in [-0.25, -0.2) is 0 Å². The van der Waals surface area contributed by atoms with E-state index in [1.165, 1.54) is 11.8 Å². The third-order valence-electron chi connectivity index (χ3n) is 5.23. The lowest BCUT2D eigenvalue weighted by Gasteiger charge is -2.36. The fourth-order valence-electron chi connectivity index (χ4n) is 3.80. The number of thiazole rings is 1. The van der Waals surface area contributed by atoms with Gasteiger partial charge >= 0.3 is 4.87 Å². The highest BCUT2D eigenvalue weighted by molar-refractivity contribution is 8.00. The second-order valence-corrected chi connectivity index (χ2v) is 9.30. The van der Waals surface area contributed by atoms with Crippen LogP contribution in [0, 0.1) is 5.92 Å². The first-order valence-corrected chi connectivity index (χ1v) is 10.1. The van der Waals surface area contributed by atoms with Crippen molar-refractivity contribution < 1.29 is 19.1 Å². The topological polar surface area (TPSA) is 99.8 Å². The molecular weight excluding hydrogens is 378 g/mol. The maximum atomic E-state index is 13.0. The fourth-order valence-corrected chi connectivity index (χ4v) is 6.60. The molecule has 3 amide bonds. The maximum Gasteiger partial charge on any atom is 0.305 e. The summed E-state index contributed by atoms with van der Waals surface area (Å²) in [6.45, 7) is 5.41. The number of H-pyrrole nitrogens is 1. The highest BCUT2D eigenvalue weighted by Gasteiger charge is 2.59. The minimum absolute atomic E-state index is 0.185. The molecule has 26 heavy (non-hydrogen) atoms. The molecule has 2 fully saturated rings. The number of likely N-dealkylation sites (tertiary alicyclic amines) is 1. The number of fused-ring (bicyclic) bond motifs is 2.